The quantitative estimate of drug-likeness (QED) is 0.524. The van der Waals surface area contributed by atoms with Crippen LogP contribution in [0.3, 0.4) is 0 Å². The molecule has 1 saturated heterocycles. The van der Waals surface area contributed by atoms with Crippen molar-refractivity contribution in [3.8, 4) is 0 Å². The Labute approximate surface area is 55.3 Å². The average Bonchev–Trinajstić information content (AvgIpc) is 2.43. The van der Waals surface area contributed by atoms with Crippen molar-refractivity contribution in [3.05, 3.63) is 0 Å². The minimum atomic E-state index is -0.340. The van der Waals surface area contributed by atoms with E-state index in [0.29, 0.717) is 0 Å². The Morgan fingerprint density at radius 3 is 2.00 bits per heavy atom. The molecular weight excluding hydrogens is 114 g/mol. The molecule has 9 heavy (non-hydrogen) atoms. The Hall–Kier alpha value is -0.0800. The van der Waals surface area contributed by atoms with E-state index in [-0.39, 0.29) is 11.0 Å². The minimum absolute atomic E-state index is 0.276. The molecule has 0 radical (unpaired) electrons. The van der Waals surface area contributed by atoms with Crippen LogP contribution in [0.5, 0.6) is 0 Å². The maximum atomic E-state index is 9.75. The van der Waals surface area contributed by atoms with E-state index in [2.05, 4.69) is 12.2 Å². The molecule has 1 aliphatic carbocycles. The monoisotopic (exact) mass is 127 g/mol. The first-order valence-electron chi connectivity index (χ1n) is 3.59. The van der Waals surface area contributed by atoms with Gasteiger partial charge in [0.2, 0.25) is 0 Å². The SMILES string of the molecule is CC1(C2(O)CNC2)CC1. The van der Waals surface area contributed by atoms with Crippen LogP contribution in [-0.4, -0.2) is 23.8 Å². The molecule has 2 heteroatoms. The lowest BCUT2D eigenvalue weighted by molar-refractivity contribution is -0.0678. The van der Waals surface area contributed by atoms with Gasteiger partial charge in [-0.25, -0.2) is 0 Å². The molecule has 0 bridgehead atoms. The van der Waals surface area contributed by atoms with Crippen LogP contribution in [0.4, 0.5) is 0 Å². The lowest BCUT2D eigenvalue weighted by Gasteiger charge is -2.43. The van der Waals surface area contributed by atoms with Gasteiger partial charge in [-0.15, -0.1) is 0 Å². The maximum absolute atomic E-state index is 9.75. The number of aliphatic hydroxyl groups is 1. The van der Waals surface area contributed by atoms with Crippen LogP contribution < -0.4 is 5.32 Å². The molecule has 0 aromatic rings. The van der Waals surface area contributed by atoms with E-state index >= 15 is 0 Å². The lowest BCUT2D eigenvalue weighted by Crippen LogP contribution is -2.64. The molecular formula is C7H13NO. The Morgan fingerprint density at radius 1 is 1.33 bits per heavy atom. The molecule has 1 aliphatic heterocycles. The smallest absolute Gasteiger partial charge is 0.0948 e. The highest BCUT2D eigenvalue weighted by atomic mass is 16.3. The summed E-state index contributed by atoms with van der Waals surface area (Å²) in [4.78, 5) is 0. The van der Waals surface area contributed by atoms with Crippen LogP contribution in [-0.2, 0) is 0 Å². The molecule has 2 nitrogen and oxygen atoms in total. The minimum Gasteiger partial charge on any atom is -0.387 e. The van der Waals surface area contributed by atoms with Gasteiger partial charge in [-0.3, -0.25) is 0 Å². The van der Waals surface area contributed by atoms with E-state index in [1.165, 1.54) is 12.8 Å². The van der Waals surface area contributed by atoms with Gasteiger partial charge < -0.3 is 10.4 Å². The number of β-amino-alcohol motifs (C(OH)–C–C–N with tert-alkyl or cyclic N) is 1. The molecule has 2 rings (SSSR count). The molecule has 2 aliphatic rings. The van der Waals surface area contributed by atoms with Crippen molar-refractivity contribution in [3.63, 3.8) is 0 Å². The summed E-state index contributed by atoms with van der Waals surface area (Å²) < 4.78 is 0. The summed E-state index contributed by atoms with van der Waals surface area (Å²) in [7, 11) is 0. The summed E-state index contributed by atoms with van der Waals surface area (Å²) in [6.07, 6.45) is 2.43. The van der Waals surface area contributed by atoms with Gasteiger partial charge in [0.05, 0.1) is 5.60 Å². The summed E-state index contributed by atoms with van der Waals surface area (Å²) in [5, 5.41) is 12.8. The second-order valence-electron chi connectivity index (χ2n) is 3.70. The maximum Gasteiger partial charge on any atom is 0.0948 e. The zero-order chi connectivity index (χ0) is 6.54. The van der Waals surface area contributed by atoms with Gasteiger partial charge in [0, 0.05) is 13.1 Å². The van der Waals surface area contributed by atoms with Gasteiger partial charge >= 0.3 is 0 Å². The van der Waals surface area contributed by atoms with Crippen molar-refractivity contribution < 1.29 is 5.11 Å². The largest absolute Gasteiger partial charge is 0.387 e. The summed E-state index contributed by atoms with van der Waals surface area (Å²) >= 11 is 0. The Kier molecular flexibility index (Phi) is 0.837. The van der Waals surface area contributed by atoms with Crippen LogP contribution in [0.25, 0.3) is 0 Å². The summed E-state index contributed by atoms with van der Waals surface area (Å²) in [6.45, 7) is 3.79. The predicted octanol–water partition coefficient (Wildman–Crippen LogP) is 0.121. The van der Waals surface area contributed by atoms with Crippen molar-refractivity contribution >= 4 is 0 Å². The lowest BCUT2D eigenvalue weighted by atomic mass is 9.81. The van der Waals surface area contributed by atoms with Gasteiger partial charge in [0.1, 0.15) is 0 Å². The van der Waals surface area contributed by atoms with Crippen molar-refractivity contribution in [2.24, 2.45) is 5.41 Å². The summed E-state index contributed by atoms with van der Waals surface area (Å²) in [5.41, 5.74) is -0.0642. The first-order valence-corrected chi connectivity index (χ1v) is 3.59. The van der Waals surface area contributed by atoms with E-state index in [9.17, 15) is 5.11 Å². The highest BCUT2D eigenvalue weighted by Crippen LogP contribution is 2.54. The Morgan fingerprint density at radius 2 is 1.89 bits per heavy atom. The van der Waals surface area contributed by atoms with Gasteiger partial charge in [0.15, 0.2) is 0 Å². The predicted molar refractivity (Wildman–Crippen MR) is 35.2 cm³/mol. The number of rotatable bonds is 1. The molecule has 2 N–H and O–H groups in total. The van der Waals surface area contributed by atoms with Gasteiger partial charge in [0.25, 0.3) is 0 Å². The van der Waals surface area contributed by atoms with Crippen molar-refractivity contribution in [2.45, 2.75) is 25.4 Å². The molecule has 1 saturated carbocycles. The zero-order valence-corrected chi connectivity index (χ0v) is 5.78. The fourth-order valence-corrected chi connectivity index (χ4v) is 1.44. The first-order chi connectivity index (χ1) is 4.16. The second kappa shape index (κ2) is 1.32. The molecule has 0 unspecified atom stereocenters. The van der Waals surface area contributed by atoms with Gasteiger partial charge in [-0.2, -0.15) is 0 Å². The molecule has 0 aromatic heterocycles. The van der Waals surface area contributed by atoms with E-state index in [4.69, 9.17) is 0 Å². The molecule has 0 amide bonds. The fourth-order valence-electron chi connectivity index (χ4n) is 1.44. The highest BCUT2D eigenvalue weighted by Gasteiger charge is 2.57. The highest BCUT2D eigenvalue weighted by molar-refractivity contribution is 5.11. The fraction of sp³-hybridized carbons (Fsp3) is 1.00. The molecule has 2 fully saturated rings. The van der Waals surface area contributed by atoms with Crippen molar-refractivity contribution in [1.29, 1.82) is 0 Å². The zero-order valence-electron chi connectivity index (χ0n) is 5.78. The number of nitrogens with one attached hydrogen (secondary N) is 1. The third-order valence-electron chi connectivity index (χ3n) is 2.96. The molecule has 0 aromatic carbocycles. The van der Waals surface area contributed by atoms with Crippen LogP contribution in [0.1, 0.15) is 19.8 Å². The van der Waals surface area contributed by atoms with Crippen LogP contribution in [0.15, 0.2) is 0 Å². The summed E-state index contributed by atoms with van der Waals surface area (Å²) in [6, 6.07) is 0. The van der Waals surface area contributed by atoms with Crippen LogP contribution >= 0.6 is 0 Å². The van der Waals surface area contributed by atoms with E-state index in [1.807, 2.05) is 0 Å². The molecule has 0 spiro atoms. The van der Waals surface area contributed by atoms with E-state index in [0.717, 1.165) is 13.1 Å². The van der Waals surface area contributed by atoms with Crippen LogP contribution in [0.2, 0.25) is 0 Å². The molecule has 1 heterocycles. The third-order valence-corrected chi connectivity index (χ3v) is 2.96. The topological polar surface area (TPSA) is 32.3 Å². The Balaban J connectivity index is 2.11. The third kappa shape index (κ3) is 0.578. The second-order valence-corrected chi connectivity index (χ2v) is 3.70. The van der Waals surface area contributed by atoms with Gasteiger partial charge in [-0.1, -0.05) is 6.92 Å². The van der Waals surface area contributed by atoms with E-state index < -0.39 is 0 Å². The van der Waals surface area contributed by atoms with Gasteiger partial charge in [-0.05, 0) is 18.3 Å². The number of hydrogen-bond acceptors (Lipinski definition) is 2. The first kappa shape index (κ1) is 5.69. The normalized spacial score (nSPS) is 35.3. The van der Waals surface area contributed by atoms with Crippen LogP contribution in [0, 0.1) is 5.41 Å². The van der Waals surface area contributed by atoms with Crippen molar-refractivity contribution in [1.82, 2.24) is 5.32 Å². The average molecular weight is 127 g/mol. The number of hydrogen-bond donors (Lipinski definition) is 2. The Bertz CT molecular complexity index is 136. The standard InChI is InChI=1S/C7H13NO/c1-6(2-3-6)7(9)4-8-5-7/h8-9H,2-5H2,1H3. The van der Waals surface area contributed by atoms with E-state index in [1.54, 1.807) is 0 Å². The summed E-state index contributed by atoms with van der Waals surface area (Å²) in [5.74, 6) is 0. The molecule has 52 valence electrons. The van der Waals surface area contributed by atoms with Crippen molar-refractivity contribution in [2.75, 3.05) is 13.1 Å². The molecule has 0 atom stereocenters.